The lowest BCUT2D eigenvalue weighted by atomic mass is 9.99. The van der Waals surface area contributed by atoms with E-state index in [1.807, 2.05) is 4.90 Å². The number of aromatic nitrogens is 1. The minimum atomic E-state index is -0.589. The number of rotatable bonds is 3. The van der Waals surface area contributed by atoms with Crippen molar-refractivity contribution < 1.29 is 9.18 Å². The zero-order chi connectivity index (χ0) is 16.6. The number of nitrogens with one attached hydrogen (secondary N) is 1. The molecule has 2 aliphatic rings. The Labute approximate surface area is 134 Å². The number of hydrogen-bond acceptors (Lipinski definition) is 4. The lowest BCUT2D eigenvalue weighted by molar-refractivity contribution is -0.131. The van der Waals surface area contributed by atoms with E-state index in [0.29, 0.717) is 12.2 Å². The third-order valence-electron chi connectivity index (χ3n) is 4.75. The lowest BCUT2D eigenvalue weighted by Gasteiger charge is -2.36. The first kappa shape index (κ1) is 15.6. The molecule has 3 N–H and O–H groups in total. The Hall–Kier alpha value is -2.24. The van der Waals surface area contributed by atoms with Crippen LogP contribution in [-0.2, 0) is 4.79 Å². The smallest absolute Gasteiger partial charge is 0.270 e. The van der Waals surface area contributed by atoms with Gasteiger partial charge in [-0.05, 0) is 51.2 Å². The highest BCUT2D eigenvalue weighted by atomic mass is 19.1. The summed E-state index contributed by atoms with van der Waals surface area (Å²) in [6.45, 7) is 2.43. The van der Waals surface area contributed by atoms with Crippen LogP contribution in [0.25, 0.3) is 0 Å². The zero-order valence-electron chi connectivity index (χ0n) is 13.2. The van der Waals surface area contributed by atoms with Gasteiger partial charge in [0.1, 0.15) is 0 Å². The Kier molecular flexibility index (Phi) is 3.92. The van der Waals surface area contributed by atoms with Gasteiger partial charge < -0.3 is 16.0 Å². The first-order valence-corrected chi connectivity index (χ1v) is 7.93. The molecular formula is C17H21FN4O. The van der Waals surface area contributed by atoms with Gasteiger partial charge in [-0.1, -0.05) is 0 Å². The Morgan fingerprint density at radius 3 is 2.87 bits per heavy atom. The Morgan fingerprint density at radius 1 is 1.43 bits per heavy atom. The van der Waals surface area contributed by atoms with Crippen LogP contribution in [0.3, 0.4) is 0 Å². The second-order valence-electron chi connectivity index (χ2n) is 6.46. The molecule has 2 heterocycles. The molecule has 1 aliphatic carbocycles. The van der Waals surface area contributed by atoms with Gasteiger partial charge in [0, 0.05) is 23.3 Å². The fourth-order valence-corrected chi connectivity index (χ4v) is 3.28. The Balaban J connectivity index is 1.80. The molecule has 23 heavy (non-hydrogen) atoms. The summed E-state index contributed by atoms with van der Waals surface area (Å²) in [6.07, 6.45) is 7.55. The largest absolute Gasteiger partial charge is 0.394 e. The molecule has 0 radical (unpaired) electrons. The molecule has 0 unspecified atom stereocenters. The molecule has 0 aromatic carbocycles. The zero-order valence-corrected chi connectivity index (χ0v) is 13.2. The lowest BCUT2D eigenvalue weighted by Crippen LogP contribution is -2.47. The number of halogens is 1. The van der Waals surface area contributed by atoms with Crippen LogP contribution < -0.4 is 5.73 Å². The molecule has 0 bridgehead atoms. The normalized spacial score (nSPS) is 19.7. The van der Waals surface area contributed by atoms with Gasteiger partial charge in [-0.15, -0.1) is 0 Å². The predicted octanol–water partition coefficient (Wildman–Crippen LogP) is 2.28. The van der Waals surface area contributed by atoms with Crippen LogP contribution in [0.1, 0.15) is 43.4 Å². The molecule has 1 saturated carbocycles. The van der Waals surface area contributed by atoms with Crippen LogP contribution in [0, 0.1) is 18.2 Å². The minimum Gasteiger partial charge on any atom is -0.394 e. The monoisotopic (exact) mass is 316 g/mol. The number of pyridine rings is 1. The predicted molar refractivity (Wildman–Crippen MR) is 85.6 cm³/mol. The first-order chi connectivity index (χ1) is 10.9. The second kappa shape index (κ2) is 5.76. The summed E-state index contributed by atoms with van der Waals surface area (Å²) in [5.41, 5.74) is 6.51. The Morgan fingerprint density at radius 2 is 2.17 bits per heavy atom. The van der Waals surface area contributed by atoms with Crippen molar-refractivity contribution in [2.75, 3.05) is 6.54 Å². The molecule has 1 spiro atoms. The van der Waals surface area contributed by atoms with Gasteiger partial charge in [0.05, 0.1) is 17.6 Å². The van der Waals surface area contributed by atoms with Crippen molar-refractivity contribution in [2.45, 2.75) is 44.6 Å². The number of likely N-dealkylation sites (tertiary alicyclic amines) is 1. The topological polar surface area (TPSA) is 83.1 Å². The summed E-state index contributed by atoms with van der Waals surface area (Å²) in [5, 5.41) is 8.02. The quantitative estimate of drug-likeness (QED) is 0.663. The first-order valence-electron chi connectivity index (χ1n) is 7.93. The molecule has 0 atom stereocenters. The van der Waals surface area contributed by atoms with Crippen LogP contribution >= 0.6 is 0 Å². The number of amides is 1. The summed E-state index contributed by atoms with van der Waals surface area (Å²) in [4.78, 5) is 18.3. The van der Waals surface area contributed by atoms with Crippen LogP contribution in [-0.4, -0.2) is 33.6 Å². The van der Waals surface area contributed by atoms with Crippen LogP contribution in [0.4, 0.5) is 4.39 Å². The van der Waals surface area contributed by atoms with Crippen molar-refractivity contribution in [2.24, 2.45) is 5.73 Å². The fraction of sp³-hybridized carbons (Fsp3) is 0.471. The van der Waals surface area contributed by atoms with E-state index in [0.717, 1.165) is 38.3 Å². The molecule has 6 heteroatoms. The summed E-state index contributed by atoms with van der Waals surface area (Å²) < 4.78 is 13.8. The molecule has 122 valence electrons. The molecular weight excluding hydrogens is 295 g/mol. The molecule has 5 nitrogen and oxygen atoms in total. The molecule has 3 rings (SSSR count). The number of carbonyl (C=O) groups excluding carboxylic acids is 1. The molecule has 1 aliphatic heterocycles. The van der Waals surface area contributed by atoms with Crippen molar-refractivity contribution in [1.82, 2.24) is 9.88 Å². The van der Waals surface area contributed by atoms with E-state index < -0.39 is 5.82 Å². The van der Waals surface area contributed by atoms with Crippen molar-refractivity contribution in [1.29, 1.82) is 5.41 Å². The van der Waals surface area contributed by atoms with E-state index in [2.05, 4.69) is 4.98 Å². The summed E-state index contributed by atoms with van der Waals surface area (Å²) >= 11 is 0. The van der Waals surface area contributed by atoms with E-state index in [4.69, 9.17) is 11.1 Å². The van der Waals surface area contributed by atoms with E-state index in [-0.39, 0.29) is 28.4 Å². The maximum atomic E-state index is 13.8. The average molecular weight is 316 g/mol. The highest BCUT2D eigenvalue weighted by Gasteiger charge is 2.51. The maximum absolute atomic E-state index is 13.8. The number of allylic oxidation sites excluding steroid dienone is 1. The highest BCUT2D eigenvalue weighted by Crippen LogP contribution is 2.48. The number of hydrogen-bond donors (Lipinski definition) is 2. The average Bonchev–Trinajstić information content (AvgIpc) is 3.29. The van der Waals surface area contributed by atoms with E-state index in [1.165, 1.54) is 12.1 Å². The van der Waals surface area contributed by atoms with E-state index in [1.54, 1.807) is 6.92 Å². The Bertz CT molecular complexity index is 694. The van der Waals surface area contributed by atoms with Crippen LogP contribution in [0.2, 0.25) is 0 Å². The number of carbonyl (C=O) groups is 1. The molecule has 1 aromatic heterocycles. The van der Waals surface area contributed by atoms with Gasteiger partial charge in [0.15, 0.2) is 5.82 Å². The standard InChI is InChI=1S/C17H21FN4O/c1-11-8-12(13(18)10-21-11)14(19)9-15(20)16(23)22-7-3-2-4-17(22)5-6-17/h8-10,19H,2-7,20H2,1H3/b15-9-,19-14?. The van der Waals surface area contributed by atoms with Gasteiger partial charge in [-0.3, -0.25) is 9.78 Å². The molecule has 1 amide bonds. The summed E-state index contributed by atoms with van der Waals surface area (Å²) in [5.74, 6) is -0.827. The van der Waals surface area contributed by atoms with Crippen LogP contribution in [0.15, 0.2) is 24.0 Å². The van der Waals surface area contributed by atoms with Crippen molar-refractivity contribution in [3.63, 3.8) is 0 Å². The molecule has 2 fully saturated rings. The van der Waals surface area contributed by atoms with Crippen molar-refractivity contribution in [3.8, 4) is 0 Å². The second-order valence-corrected chi connectivity index (χ2v) is 6.46. The van der Waals surface area contributed by atoms with Gasteiger partial charge >= 0.3 is 0 Å². The summed E-state index contributed by atoms with van der Waals surface area (Å²) in [7, 11) is 0. The van der Waals surface area contributed by atoms with E-state index >= 15 is 0 Å². The van der Waals surface area contributed by atoms with Crippen molar-refractivity contribution in [3.05, 3.63) is 41.1 Å². The van der Waals surface area contributed by atoms with E-state index in [9.17, 15) is 9.18 Å². The number of nitrogens with zero attached hydrogens (tertiary/aromatic N) is 2. The minimum absolute atomic E-state index is 0.00274. The molecule has 1 aromatic rings. The summed E-state index contributed by atoms with van der Waals surface area (Å²) in [6, 6.07) is 1.48. The fourth-order valence-electron chi connectivity index (χ4n) is 3.28. The van der Waals surface area contributed by atoms with Crippen LogP contribution in [0.5, 0.6) is 0 Å². The highest BCUT2D eigenvalue weighted by molar-refractivity contribution is 6.11. The number of aryl methyl sites for hydroxylation is 1. The third kappa shape index (κ3) is 2.98. The number of piperidine rings is 1. The third-order valence-corrected chi connectivity index (χ3v) is 4.75. The maximum Gasteiger partial charge on any atom is 0.270 e. The number of nitrogens with two attached hydrogens (primary N) is 1. The van der Waals surface area contributed by atoms with Crippen molar-refractivity contribution >= 4 is 11.6 Å². The SMILES string of the molecule is Cc1cc(C(=N)/C=C(\N)C(=O)N2CCCCC23CC3)c(F)cn1. The van der Waals surface area contributed by atoms with Gasteiger partial charge in [-0.2, -0.15) is 0 Å². The van der Waals surface area contributed by atoms with Gasteiger partial charge in [-0.25, -0.2) is 4.39 Å². The van der Waals surface area contributed by atoms with Gasteiger partial charge in [0.25, 0.3) is 5.91 Å². The molecule has 1 saturated heterocycles. The van der Waals surface area contributed by atoms with Gasteiger partial charge in [0.2, 0.25) is 0 Å².